The highest BCUT2D eigenvalue weighted by Gasteiger charge is 2.17. The van der Waals surface area contributed by atoms with Gasteiger partial charge in [-0.15, -0.1) is 11.8 Å². The van der Waals surface area contributed by atoms with Gasteiger partial charge in [0.2, 0.25) is 0 Å². The number of carbonyl (C=O) groups is 1. The van der Waals surface area contributed by atoms with Crippen LogP contribution in [0.1, 0.15) is 10.4 Å². The van der Waals surface area contributed by atoms with Gasteiger partial charge in [0.15, 0.2) is 0 Å². The van der Waals surface area contributed by atoms with Gasteiger partial charge in [-0.1, -0.05) is 0 Å². The minimum absolute atomic E-state index is 0.0274. The molecule has 1 aromatic rings. The van der Waals surface area contributed by atoms with E-state index in [2.05, 4.69) is 10.6 Å². The summed E-state index contributed by atoms with van der Waals surface area (Å²) in [5, 5.41) is 6.14. The molecule has 0 spiro atoms. The van der Waals surface area contributed by atoms with Crippen molar-refractivity contribution in [3.8, 4) is 0 Å². The molecule has 1 fully saturated rings. The molecule has 0 radical (unpaired) electrons. The quantitative estimate of drug-likeness (QED) is 0.776. The summed E-state index contributed by atoms with van der Waals surface area (Å²) in [5.74, 6) is 0.633. The van der Waals surface area contributed by atoms with Gasteiger partial charge in [-0.05, 0) is 30.5 Å². The molecular formula is C12H16N2OS. The number of carbonyl (C=O) groups excluding carboxylic acids is 1. The van der Waals surface area contributed by atoms with Crippen LogP contribution in [0.5, 0.6) is 0 Å². The van der Waals surface area contributed by atoms with E-state index in [1.54, 1.807) is 11.8 Å². The Morgan fingerprint density at radius 1 is 1.44 bits per heavy atom. The van der Waals surface area contributed by atoms with Crippen LogP contribution in [0.2, 0.25) is 0 Å². The van der Waals surface area contributed by atoms with Crippen LogP contribution >= 0.6 is 11.8 Å². The van der Waals surface area contributed by atoms with Gasteiger partial charge < -0.3 is 10.6 Å². The number of thioether (sulfide) groups is 1. The Hall–Kier alpha value is -1.00. The number of benzene rings is 1. The van der Waals surface area contributed by atoms with E-state index in [4.69, 9.17) is 0 Å². The van der Waals surface area contributed by atoms with Gasteiger partial charge in [0, 0.05) is 36.0 Å². The van der Waals surface area contributed by atoms with Crippen LogP contribution in [0.3, 0.4) is 0 Å². The molecule has 0 aromatic heterocycles. The molecule has 2 N–H and O–H groups in total. The SMILES string of the molecule is CSc1ccc(C(=O)NCC2CNC2)cc1. The van der Waals surface area contributed by atoms with Crippen molar-refractivity contribution in [2.24, 2.45) is 5.92 Å². The molecular weight excluding hydrogens is 220 g/mol. The molecule has 2 rings (SSSR count). The Balaban J connectivity index is 1.86. The lowest BCUT2D eigenvalue weighted by Gasteiger charge is -2.27. The second kappa shape index (κ2) is 5.37. The van der Waals surface area contributed by atoms with E-state index in [0.29, 0.717) is 5.92 Å². The first-order valence-corrected chi connectivity index (χ1v) is 6.65. The van der Waals surface area contributed by atoms with Crippen molar-refractivity contribution in [3.63, 3.8) is 0 Å². The van der Waals surface area contributed by atoms with E-state index in [9.17, 15) is 4.79 Å². The number of hydrogen-bond acceptors (Lipinski definition) is 3. The smallest absolute Gasteiger partial charge is 0.251 e. The largest absolute Gasteiger partial charge is 0.352 e. The summed E-state index contributed by atoms with van der Waals surface area (Å²) in [6.45, 7) is 2.81. The third kappa shape index (κ3) is 2.77. The summed E-state index contributed by atoms with van der Waals surface area (Å²) in [6, 6.07) is 7.70. The molecule has 3 nitrogen and oxygen atoms in total. The first-order chi connectivity index (χ1) is 7.79. The van der Waals surface area contributed by atoms with Gasteiger partial charge >= 0.3 is 0 Å². The second-order valence-corrected chi connectivity index (χ2v) is 4.84. The molecule has 1 aliphatic heterocycles. The van der Waals surface area contributed by atoms with Crippen LogP contribution < -0.4 is 10.6 Å². The minimum atomic E-state index is 0.0274. The standard InChI is InChI=1S/C12H16N2OS/c1-16-11-4-2-10(3-5-11)12(15)14-8-9-6-13-7-9/h2-5,9,13H,6-8H2,1H3,(H,14,15). The summed E-state index contributed by atoms with van der Waals surface area (Å²) in [6.07, 6.45) is 2.03. The molecule has 1 aliphatic rings. The van der Waals surface area contributed by atoms with E-state index < -0.39 is 0 Å². The van der Waals surface area contributed by atoms with E-state index in [1.165, 1.54) is 4.90 Å². The zero-order valence-corrected chi connectivity index (χ0v) is 10.1. The third-order valence-corrected chi connectivity index (χ3v) is 3.51. The van der Waals surface area contributed by atoms with Crippen molar-refractivity contribution < 1.29 is 4.79 Å². The molecule has 1 heterocycles. The molecule has 0 atom stereocenters. The van der Waals surface area contributed by atoms with Crippen molar-refractivity contribution in [3.05, 3.63) is 29.8 Å². The van der Waals surface area contributed by atoms with E-state index in [-0.39, 0.29) is 5.91 Å². The van der Waals surface area contributed by atoms with Crippen LogP contribution in [0.25, 0.3) is 0 Å². The second-order valence-electron chi connectivity index (χ2n) is 3.96. The average molecular weight is 236 g/mol. The Bertz CT molecular complexity index is 360. The number of hydrogen-bond donors (Lipinski definition) is 2. The van der Waals surface area contributed by atoms with Gasteiger partial charge in [0.05, 0.1) is 0 Å². The van der Waals surface area contributed by atoms with Crippen molar-refractivity contribution in [2.75, 3.05) is 25.9 Å². The average Bonchev–Trinajstić information content (AvgIpc) is 2.27. The van der Waals surface area contributed by atoms with Crippen LogP contribution in [0, 0.1) is 5.92 Å². The van der Waals surface area contributed by atoms with Crippen LogP contribution in [-0.4, -0.2) is 31.8 Å². The highest BCUT2D eigenvalue weighted by Crippen LogP contribution is 2.14. The molecule has 86 valence electrons. The lowest BCUT2D eigenvalue weighted by molar-refractivity contribution is 0.0942. The van der Waals surface area contributed by atoms with E-state index >= 15 is 0 Å². The topological polar surface area (TPSA) is 41.1 Å². The van der Waals surface area contributed by atoms with Gasteiger partial charge in [-0.3, -0.25) is 4.79 Å². The Labute approximate surface area is 100.0 Å². The third-order valence-electron chi connectivity index (χ3n) is 2.77. The summed E-state index contributed by atoms with van der Waals surface area (Å²) in [5.41, 5.74) is 0.741. The van der Waals surface area contributed by atoms with Gasteiger partial charge in [0.25, 0.3) is 5.91 Å². The lowest BCUT2D eigenvalue weighted by Crippen LogP contribution is -2.48. The fourth-order valence-electron chi connectivity index (χ4n) is 1.57. The minimum Gasteiger partial charge on any atom is -0.352 e. The molecule has 0 aliphatic carbocycles. The fraction of sp³-hybridized carbons (Fsp3) is 0.417. The van der Waals surface area contributed by atoms with Crippen LogP contribution in [0.4, 0.5) is 0 Å². The lowest BCUT2D eigenvalue weighted by atomic mass is 10.0. The monoisotopic (exact) mass is 236 g/mol. The zero-order valence-electron chi connectivity index (χ0n) is 9.32. The van der Waals surface area contributed by atoms with E-state index in [1.807, 2.05) is 30.5 Å². The zero-order chi connectivity index (χ0) is 11.4. The predicted octanol–water partition coefficient (Wildman–Crippen LogP) is 1.36. The first kappa shape index (κ1) is 11.5. The Morgan fingerprint density at radius 3 is 2.62 bits per heavy atom. The summed E-state index contributed by atoms with van der Waals surface area (Å²) in [4.78, 5) is 12.9. The highest BCUT2D eigenvalue weighted by atomic mass is 32.2. The number of amides is 1. The molecule has 0 saturated carbocycles. The molecule has 1 aromatic carbocycles. The molecule has 1 amide bonds. The first-order valence-electron chi connectivity index (χ1n) is 5.42. The van der Waals surface area contributed by atoms with Crippen molar-refractivity contribution in [1.82, 2.24) is 10.6 Å². The number of nitrogens with one attached hydrogen (secondary N) is 2. The normalized spacial score (nSPS) is 15.6. The van der Waals surface area contributed by atoms with Crippen LogP contribution in [-0.2, 0) is 0 Å². The molecule has 0 bridgehead atoms. The Kier molecular flexibility index (Phi) is 3.85. The molecule has 1 saturated heterocycles. The number of rotatable bonds is 4. The van der Waals surface area contributed by atoms with Crippen molar-refractivity contribution >= 4 is 17.7 Å². The highest BCUT2D eigenvalue weighted by molar-refractivity contribution is 7.98. The van der Waals surface area contributed by atoms with Crippen LogP contribution in [0.15, 0.2) is 29.2 Å². The fourth-order valence-corrected chi connectivity index (χ4v) is 1.98. The summed E-state index contributed by atoms with van der Waals surface area (Å²) >= 11 is 1.68. The summed E-state index contributed by atoms with van der Waals surface area (Å²) < 4.78 is 0. The predicted molar refractivity (Wildman–Crippen MR) is 66.9 cm³/mol. The molecule has 0 unspecified atom stereocenters. The molecule has 16 heavy (non-hydrogen) atoms. The summed E-state index contributed by atoms with van der Waals surface area (Å²) in [7, 11) is 0. The van der Waals surface area contributed by atoms with E-state index in [0.717, 1.165) is 25.2 Å². The van der Waals surface area contributed by atoms with Gasteiger partial charge in [-0.25, -0.2) is 0 Å². The van der Waals surface area contributed by atoms with Gasteiger partial charge in [0.1, 0.15) is 0 Å². The van der Waals surface area contributed by atoms with Gasteiger partial charge in [-0.2, -0.15) is 0 Å². The maximum atomic E-state index is 11.8. The maximum absolute atomic E-state index is 11.8. The Morgan fingerprint density at radius 2 is 2.12 bits per heavy atom. The van der Waals surface area contributed by atoms with Crippen molar-refractivity contribution in [2.45, 2.75) is 4.90 Å². The maximum Gasteiger partial charge on any atom is 0.251 e. The molecule has 4 heteroatoms. The van der Waals surface area contributed by atoms with Crippen molar-refractivity contribution in [1.29, 1.82) is 0 Å².